The largest absolute Gasteiger partial charge is 0.481 e. The molecule has 20 heavy (non-hydrogen) atoms. The Balaban J connectivity index is 1.97. The molecule has 1 fully saturated rings. The van der Waals surface area contributed by atoms with Gasteiger partial charge in [0.15, 0.2) is 0 Å². The van der Waals surface area contributed by atoms with E-state index in [9.17, 15) is 9.59 Å². The number of carbonyl (C=O) groups is 2. The van der Waals surface area contributed by atoms with Gasteiger partial charge in [0, 0.05) is 11.6 Å². The Morgan fingerprint density at radius 2 is 2.25 bits per heavy atom. The Hall–Kier alpha value is -1.75. The first kappa shape index (κ1) is 14.7. The van der Waals surface area contributed by atoms with E-state index in [1.807, 2.05) is 6.92 Å². The normalized spacial score (nSPS) is 22.1. The Kier molecular flexibility index (Phi) is 4.18. The van der Waals surface area contributed by atoms with E-state index in [4.69, 9.17) is 22.4 Å². The molecule has 5 nitrogen and oxygen atoms in total. The van der Waals surface area contributed by atoms with E-state index in [0.717, 1.165) is 0 Å². The van der Waals surface area contributed by atoms with Gasteiger partial charge in [-0.05, 0) is 37.0 Å². The molecule has 1 aromatic rings. The molecule has 6 heteroatoms. The molecule has 2 rings (SSSR count). The Labute approximate surface area is 122 Å². The molecule has 0 saturated heterocycles. The number of halogens is 1. The lowest BCUT2D eigenvalue weighted by Gasteiger charge is -2.10. The zero-order valence-corrected chi connectivity index (χ0v) is 11.9. The van der Waals surface area contributed by atoms with Crippen LogP contribution in [-0.4, -0.2) is 23.0 Å². The molecule has 0 aromatic heterocycles. The molecule has 1 saturated carbocycles. The van der Waals surface area contributed by atoms with E-state index in [-0.39, 0.29) is 17.9 Å². The van der Waals surface area contributed by atoms with Crippen molar-refractivity contribution in [2.24, 2.45) is 11.8 Å². The molecule has 1 aliphatic rings. The van der Waals surface area contributed by atoms with Gasteiger partial charge in [-0.15, -0.1) is 0 Å². The van der Waals surface area contributed by atoms with E-state index in [1.54, 1.807) is 12.1 Å². The summed E-state index contributed by atoms with van der Waals surface area (Å²) in [4.78, 5) is 23.1. The van der Waals surface area contributed by atoms with Crippen LogP contribution in [0.4, 0.5) is 5.69 Å². The maximum atomic E-state index is 12.0. The zero-order chi connectivity index (χ0) is 14.9. The number of hydrogen-bond acceptors (Lipinski definition) is 3. The van der Waals surface area contributed by atoms with E-state index < -0.39 is 11.9 Å². The minimum atomic E-state index is -0.801. The molecule has 0 radical (unpaired) electrons. The molecule has 1 aliphatic carbocycles. The number of carboxylic acid groups (broad SMARTS) is 1. The van der Waals surface area contributed by atoms with Gasteiger partial charge in [0.2, 0.25) is 0 Å². The Bertz CT molecular complexity index is 547. The maximum absolute atomic E-state index is 12.0. The number of nitrogen functional groups attached to an aromatic ring is 1. The van der Waals surface area contributed by atoms with Crippen LogP contribution in [0, 0.1) is 11.8 Å². The summed E-state index contributed by atoms with van der Waals surface area (Å²) in [7, 11) is 0. The summed E-state index contributed by atoms with van der Waals surface area (Å²) in [6.45, 7) is 1.84. The van der Waals surface area contributed by atoms with Crippen molar-refractivity contribution in [1.82, 2.24) is 5.32 Å². The quantitative estimate of drug-likeness (QED) is 0.726. The first-order chi connectivity index (χ1) is 9.43. The van der Waals surface area contributed by atoms with Crippen LogP contribution < -0.4 is 11.1 Å². The molecule has 0 bridgehead atoms. The van der Waals surface area contributed by atoms with Gasteiger partial charge in [-0.1, -0.05) is 18.5 Å². The standard InChI is InChI=1S/C14H17ClN2O3/c1-2-8(14(19)20)9-6-12(9)17-13(18)7-3-4-11(16)10(15)5-7/h3-5,8-9,12H,2,6,16H2,1H3,(H,17,18)(H,19,20). The first-order valence-corrected chi connectivity index (χ1v) is 6.90. The zero-order valence-electron chi connectivity index (χ0n) is 11.1. The summed E-state index contributed by atoms with van der Waals surface area (Å²) < 4.78 is 0. The van der Waals surface area contributed by atoms with Crippen molar-refractivity contribution in [2.75, 3.05) is 5.73 Å². The van der Waals surface area contributed by atoms with Crippen LogP contribution in [0.5, 0.6) is 0 Å². The van der Waals surface area contributed by atoms with Crippen molar-refractivity contribution in [3.63, 3.8) is 0 Å². The molecule has 0 heterocycles. The number of carbonyl (C=O) groups excluding carboxylic acids is 1. The highest BCUT2D eigenvalue weighted by Crippen LogP contribution is 2.39. The van der Waals surface area contributed by atoms with E-state index in [2.05, 4.69) is 5.32 Å². The summed E-state index contributed by atoms with van der Waals surface area (Å²) >= 11 is 5.87. The molecule has 0 spiro atoms. The molecule has 108 valence electrons. The van der Waals surface area contributed by atoms with Crippen molar-refractivity contribution in [3.8, 4) is 0 Å². The van der Waals surface area contributed by atoms with Crippen LogP contribution in [0.15, 0.2) is 18.2 Å². The number of anilines is 1. The number of carboxylic acids is 1. The van der Waals surface area contributed by atoms with E-state index in [0.29, 0.717) is 29.1 Å². The second-order valence-corrected chi connectivity index (χ2v) is 5.48. The van der Waals surface area contributed by atoms with E-state index >= 15 is 0 Å². The second-order valence-electron chi connectivity index (χ2n) is 5.07. The van der Waals surface area contributed by atoms with Crippen LogP contribution in [0.3, 0.4) is 0 Å². The van der Waals surface area contributed by atoms with Crippen molar-refractivity contribution in [3.05, 3.63) is 28.8 Å². The fourth-order valence-electron chi connectivity index (χ4n) is 2.41. The molecule has 4 N–H and O–H groups in total. The highest BCUT2D eigenvalue weighted by Gasteiger charge is 2.46. The lowest BCUT2D eigenvalue weighted by molar-refractivity contribution is -0.142. The van der Waals surface area contributed by atoms with Gasteiger partial charge >= 0.3 is 5.97 Å². The van der Waals surface area contributed by atoms with E-state index in [1.165, 1.54) is 6.07 Å². The molecule has 1 aromatic carbocycles. The summed E-state index contributed by atoms with van der Waals surface area (Å²) in [5.74, 6) is -1.43. The number of hydrogen-bond donors (Lipinski definition) is 3. The third kappa shape index (κ3) is 3.04. The number of amides is 1. The fraction of sp³-hybridized carbons (Fsp3) is 0.429. The molecule has 1 amide bonds. The van der Waals surface area contributed by atoms with Crippen LogP contribution in [0.1, 0.15) is 30.1 Å². The molecule has 3 atom stereocenters. The number of nitrogens with one attached hydrogen (secondary N) is 1. The van der Waals surface area contributed by atoms with Gasteiger partial charge in [0.1, 0.15) is 0 Å². The first-order valence-electron chi connectivity index (χ1n) is 6.52. The van der Waals surface area contributed by atoms with Gasteiger partial charge in [-0.3, -0.25) is 9.59 Å². The van der Waals surface area contributed by atoms with Gasteiger partial charge < -0.3 is 16.2 Å². The molecular weight excluding hydrogens is 280 g/mol. The predicted octanol–water partition coefficient (Wildman–Crippen LogP) is 2.15. The third-order valence-electron chi connectivity index (χ3n) is 3.69. The lowest BCUT2D eigenvalue weighted by atomic mass is 10.0. The predicted molar refractivity (Wildman–Crippen MR) is 76.6 cm³/mol. The molecule has 3 unspecified atom stereocenters. The van der Waals surface area contributed by atoms with Crippen molar-refractivity contribution in [1.29, 1.82) is 0 Å². The average molecular weight is 297 g/mol. The third-order valence-corrected chi connectivity index (χ3v) is 4.02. The highest BCUT2D eigenvalue weighted by molar-refractivity contribution is 6.33. The van der Waals surface area contributed by atoms with Crippen LogP contribution in [0.2, 0.25) is 5.02 Å². The van der Waals surface area contributed by atoms with Crippen LogP contribution in [-0.2, 0) is 4.79 Å². The van der Waals surface area contributed by atoms with Gasteiger partial charge in [-0.2, -0.15) is 0 Å². The number of aliphatic carboxylic acids is 1. The fourth-order valence-corrected chi connectivity index (χ4v) is 2.59. The average Bonchev–Trinajstić information content (AvgIpc) is 3.12. The molecular formula is C14H17ClN2O3. The number of nitrogens with two attached hydrogens (primary N) is 1. The van der Waals surface area contributed by atoms with Crippen molar-refractivity contribution < 1.29 is 14.7 Å². The number of benzene rings is 1. The van der Waals surface area contributed by atoms with Crippen molar-refractivity contribution in [2.45, 2.75) is 25.8 Å². The summed E-state index contributed by atoms with van der Waals surface area (Å²) in [5.41, 5.74) is 6.44. The minimum absolute atomic E-state index is 0.0192. The minimum Gasteiger partial charge on any atom is -0.481 e. The highest BCUT2D eigenvalue weighted by atomic mass is 35.5. The number of rotatable bonds is 5. The second kappa shape index (κ2) is 5.71. The summed E-state index contributed by atoms with van der Waals surface area (Å²) in [6, 6.07) is 4.62. The van der Waals surface area contributed by atoms with Crippen LogP contribution in [0.25, 0.3) is 0 Å². The monoisotopic (exact) mass is 296 g/mol. The molecule has 0 aliphatic heterocycles. The Morgan fingerprint density at radius 3 is 2.80 bits per heavy atom. The maximum Gasteiger partial charge on any atom is 0.306 e. The van der Waals surface area contributed by atoms with Crippen molar-refractivity contribution >= 4 is 29.2 Å². The van der Waals surface area contributed by atoms with Crippen LogP contribution >= 0.6 is 11.6 Å². The topological polar surface area (TPSA) is 92.4 Å². The summed E-state index contributed by atoms with van der Waals surface area (Å²) in [5, 5.41) is 12.2. The summed E-state index contributed by atoms with van der Waals surface area (Å²) in [6.07, 6.45) is 1.28. The van der Waals surface area contributed by atoms with Gasteiger partial charge in [-0.25, -0.2) is 0 Å². The SMILES string of the molecule is CCC(C(=O)O)C1CC1NC(=O)c1ccc(N)c(Cl)c1. The Morgan fingerprint density at radius 1 is 1.55 bits per heavy atom. The van der Waals surface area contributed by atoms with Gasteiger partial charge in [0.05, 0.1) is 16.6 Å². The van der Waals surface area contributed by atoms with Gasteiger partial charge in [0.25, 0.3) is 5.91 Å². The smallest absolute Gasteiger partial charge is 0.306 e. The lowest BCUT2D eigenvalue weighted by Crippen LogP contribution is -2.29.